The third kappa shape index (κ3) is 4.39. The smallest absolute Gasteiger partial charge is 0.193 e. The van der Waals surface area contributed by atoms with Gasteiger partial charge < -0.3 is 43.5 Å². The predicted octanol–water partition coefficient (Wildman–Crippen LogP) is -1.06. The van der Waals surface area contributed by atoms with E-state index in [2.05, 4.69) is 0 Å². The monoisotopic (exact) mass is 492 g/mol. The summed E-state index contributed by atoms with van der Waals surface area (Å²) in [5.41, 5.74) is -1.10. The lowest BCUT2D eigenvalue weighted by molar-refractivity contribution is -0.256. The number of carbonyl (C=O) groups is 2. The van der Waals surface area contributed by atoms with Gasteiger partial charge in [-0.2, -0.15) is 0 Å². The van der Waals surface area contributed by atoms with Crippen molar-refractivity contribution in [3.63, 3.8) is 0 Å². The van der Waals surface area contributed by atoms with Crippen LogP contribution in [0.25, 0.3) is 21.8 Å². The van der Waals surface area contributed by atoms with E-state index in [1.807, 2.05) is 0 Å². The van der Waals surface area contributed by atoms with Crippen molar-refractivity contribution in [3.05, 3.63) is 80.4 Å². The molecule has 0 bridgehead atoms. The molecule has 4 aromatic rings. The maximum atomic E-state index is 12.5. The van der Waals surface area contributed by atoms with Crippen molar-refractivity contribution in [3.8, 4) is 11.5 Å². The molecule has 0 saturated heterocycles. The molecule has 0 aliphatic rings. The quantitative estimate of drug-likeness (QED) is 0.323. The Balaban J connectivity index is 1.54. The van der Waals surface area contributed by atoms with Gasteiger partial charge in [-0.1, -0.05) is 12.1 Å². The van der Waals surface area contributed by atoms with Gasteiger partial charge in [-0.3, -0.25) is 9.59 Å². The third-order valence-corrected chi connectivity index (χ3v) is 5.76. The first-order valence-electron chi connectivity index (χ1n) is 10.7. The Hall–Kier alpha value is -4.64. The van der Waals surface area contributed by atoms with Crippen LogP contribution in [-0.2, 0) is 14.1 Å². The predicted molar refractivity (Wildman–Crippen MR) is 124 cm³/mol. The van der Waals surface area contributed by atoms with Gasteiger partial charge in [0.1, 0.15) is 30.8 Å². The molecule has 186 valence electrons. The lowest BCUT2D eigenvalue weighted by Crippen LogP contribution is -2.29. The van der Waals surface area contributed by atoms with Crippen LogP contribution < -0.4 is 30.5 Å². The maximum Gasteiger partial charge on any atom is 0.193 e. The van der Waals surface area contributed by atoms with E-state index < -0.39 is 28.9 Å². The van der Waals surface area contributed by atoms with Crippen molar-refractivity contribution in [1.29, 1.82) is 0 Å². The molecule has 2 aromatic heterocycles. The minimum absolute atomic E-state index is 0.138. The molecule has 0 atom stereocenters. The number of aliphatic hydroxyl groups is 1. The Morgan fingerprint density at radius 2 is 1.19 bits per heavy atom. The molecular weight excluding hydrogens is 472 g/mol. The average Bonchev–Trinajstić information content (AvgIpc) is 2.85. The van der Waals surface area contributed by atoms with Gasteiger partial charge in [-0.25, -0.2) is 0 Å². The zero-order valence-corrected chi connectivity index (χ0v) is 19.2. The third-order valence-electron chi connectivity index (χ3n) is 5.76. The highest BCUT2D eigenvalue weighted by molar-refractivity contribution is 5.92. The Morgan fingerprint density at radius 3 is 1.56 bits per heavy atom. The number of rotatable bonds is 8. The van der Waals surface area contributed by atoms with E-state index in [0.29, 0.717) is 11.0 Å². The molecule has 11 heteroatoms. The molecular formula is C25H20N2O9-2. The SMILES string of the molecule is Cn1c(C(=O)[O-])cc(=O)c2c(OCC(O)COc3cccc4c3c(=O)cc(C(=O)[O-])n4C)cccc21. The van der Waals surface area contributed by atoms with Crippen LogP contribution in [0.1, 0.15) is 21.0 Å². The number of pyridine rings is 2. The minimum atomic E-state index is -1.49. The average molecular weight is 492 g/mol. The second-order valence-corrected chi connectivity index (χ2v) is 8.06. The second kappa shape index (κ2) is 9.55. The van der Waals surface area contributed by atoms with Crippen molar-refractivity contribution in [2.45, 2.75) is 6.10 Å². The molecule has 0 spiro atoms. The number of carboxylic acids is 2. The molecule has 2 heterocycles. The fourth-order valence-corrected chi connectivity index (χ4v) is 3.99. The van der Waals surface area contributed by atoms with E-state index in [9.17, 15) is 34.5 Å². The summed E-state index contributed by atoms with van der Waals surface area (Å²) in [5.74, 6) is -2.69. The molecule has 1 N–H and O–H groups in total. The van der Waals surface area contributed by atoms with Gasteiger partial charge in [-0.15, -0.1) is 0 Å². The highest BCUT2D eigenvalue weighted by Crippen LogP contribution is 2.25. The van der Waals surface area contributed by atoms with Crippen molar-refractivity contribution in [2.24, 2.45) is 14.1 Å². The van der Waals surface area contributed by atoms with Crippen LogP contribution in [0.5, 0.6) is 11.5 Å². The van der Waals surface area contributed by atoms with E-state index in [1.54, 1.807) is 24.3 Å². The zero-order valence-electron chi connectivity index (χ0n) is 19.2. The summed E-state index contributed by atoms with van der Waals surface area (Å²) in [6, 6.07) is 11.2. The van der Waals surface area contributed by atoms with Crippen molar-refractivity contribution < 1.29 is 34.4 Å². The normalized spacial score (nSPS) is 11.2. The second-order valence-electron chi connectivity index (χ2n) is 8.06. The number of aromatic carboxylic acids is 2. The standard InChI is InChI=1S/C25H22N2O9/c1-26-14-5-3-7-20(22(14)18(29)9-16(26)24(31)32)35-11-13(28)12-36-21-8-4-6-15-23(21)19(30)10-17(25(33)34)27(15)2/h3-10,13,28H,11-12H2,1-2H3,(H,31,32)(H,33,34)/p-2. The van der Waals surface area contributed by atoms with E-state index in [1.165, 1.54) is 35.4 Å². The number of hydrogen-bond acceptors (Lipinski definition) is 9. The number of aryl methyl sites for hydroxylation is 2. The first-order chi connectivity index (χ1) is 17.1. The fourth-order valence-electron chi connectivity index (χ4n) is 3.99. The highest BCUT2D eigenvalue weighted by Gasteiger charge is 2.16. The zero-order chi connectivity index (χ0) is 26.1. The van der Waals surface area contributed by atoms with E-state index in [0.717, 1.165) is 12.1 Å². The van der Waals surface area contributed by atoms with Crippen molar-refractivity contribution >= 4 is 33.7 Å². The summed E-state index contributed by atoms with van der Waals surface area (Å²) >= 11 is 0. The lowest BCUT2D eigenvalue weighted by atomic mass is 10.1. The van der Waals surface area contributed by atoms with Gasteiger partial charge in [0, 0.05) is 26.2 Å². The summed E-state index contributed by atoms with van der Waals surface area (Å²) in [5, 5.41) is 33.2. The summed E-state index contributed by atoms with van der Waals surface area (Å²) < 4.78 is 13.9. The van der Waals surface area contributed by atoms with Crippen LogP contribution in [-0.4, -0.2) is 45.5 Å². The van der Waals surface area contributed by atoms with E-state index in [-0.39, 0.29) is 46.9 Å². The van der Waals surface area contributed by atoms with Crippen molar-refractivity contribution in [1.82, 2.24) is 9.13 Å². The minimum Gasteiger partial charge on any atom is -0.543 e. The lowest BCUT2D eigenvalue weighted by Gasteiger charge is -2.18. The molecule has 36 heavy (non-hydrogen) atoms. The largest absolute Gasteiger partial charge is 0.543 e. The number of benzene rings is 2. The summed E-state index contributed by atoms with van der Waals surface area (Å²) in [6.45, 7) is -0.551. The molecule has 0 radical (unpaired) electrons. The molecule has 0 aliphatic heterocycles. The molecule has 0 amide bonds. The first-order valence-corrected chi connectivity index (χ1v) is 10.7. The summed E-state index contributed by atoms with van der Waals surface area (Å²) in [4.78, 5) is 47.6. The van der Waals surface area contributed by atoms with Gasteiger partial charge in [0.25, 0.3) is 0 Å². The topological polar surface area (TPSA) is 163 Å². The number of carbonyl (C=O) groups excluding carboxylic acids is 2. The number of aliphatic hydroxyl groups excluding tert-OH is 1. The highest BCUT2D eigenvalue weighted by atomic mass is 16.5. The molecule has 4 rings (SSSR count). The molecule has 2 aromatic carbocycles. The van der Waals surface area contributed by atoms with Gasteiger partial charge in [0.15, 0.2) is 10.9 Å². The van der Waals surface area contributed by atoms with Gasteiger partial charge in [0.05, 0.1) is 45.1 Å². The molecule has 11 nitrogen and oxygen atoms in total. The van der Waals surface area contributed by atoms with Crippen LogP contribution in [0.4, 0.5) is 0 Å². The van der Waals surface area contributed by atoms with E-state index >= 15 is 0 Å². The van der Waals surface area contributed by atoms with Crippen LogP contribution in [0.2, 0.25) is 0 Å². The van der Waals surface area contributed by atoms with Gasteiger partial charge in [0.2, 0.25) is 0 Å². The fraction of sp³-hybridized carbons (Fsp3) is 0.200. The van der Waals surface area contributed by atoms with E-state index in [4.69, 9.17) is 9.47 Å². The Morgan fingerprint density at radius 1 is 0.806 bits per heavy atom. The summed E-state index contributed by atoms with van der Waals surface area (Å²) in [6.07, 6.45) is -1.17. The number of fused-ring (bicyclic) bond motifs is 2. The van der Waals surface area contributed by atoms with Crippen LogP contribution in [0.15, 0.2) is 58.1 Å². The molecule has 0 fully saturated rings. The van der Waals surface area contributed by atoms with Crippen LogP contribution >= 0.6 is 0 Å². The van der Waals surface area contributed by atoms with Crippen LogP contribution in [0, 0.1) is 0 Å². The maximum absolute atomic E-state index is 12.5. The van der Waals surface area contributed by atoms with Gasteiger partial charge >= 0.3 is 0 Å². The Labute approximate surface area is 203 Å². The van der Waals surface area contributed by atoms with Crippen molar-refractivity contribution in [2.75, 3.05) is 13.2 Å². The number of nitrogens with zero attached hydrogens (tertiary/aromatic N) is 2. The first kappa shape index (κ1) is 24.5. The van der Waals surface area contributed by atoms with Gasteiger partial charge in [-0.05, 0) is 24.3 Å². The number of aromatic nitrogens is 2. The number of ether oxygens (including phenoxy) is 2. The Bertz CT molecular complexity index is 1510. The Kier molecular flexibility index (Phi) is 6.49. The number of hydrogen-bond donors (Lipinski definition) is 1. The molecule has 0 aliphatic carbocycles. The molecule has 0 saturated carbocycles. The van der Waals surface area contributed by atoms with Crippen LogP contribution in [0.3, 0.4) is 0 Å². The number of carboxylic acid groups (broad SMARTS) is 2. The summed E-state index contributed by atoms with van der Waals surface area (Å²) in [7, 11) is 2.95. The molecule has 0 unspecified atom stereocenters.